The van der Waals surface area contributed by atoms with E-state index in [0.717, 1.165) is 13.0 Å². The Morgan fingerprint density at radius 1 is 1.38 bits per heavy atom. The van der Waals surface area contributed by atoms with Crippen molar-refractivity contribution in [2.45, 2.75) is 32.4 Å². The molecule has 1 aliphatic heterocycles. The zero-order valence-electron chi connectivity index (χ0n) is 10.3. The standard InChI is InChI=1S/C14H22N2/c1-12-11-16(9-8-15-12)13(2)10-14-6-4-3-5-7-14/h3-7,12-13,15H,8-11H2,1-2H3. The molecule has 2 rings (SSSR count). The van der Waals surface area contributed by atoms with Crippen molar-refractivity contribution in [2.75, 3.05) is 19.6 Å². The number of nitrogens with zero attached hydrogens (tertiary/aromatic N) is 1. The molecule has 16 heavy (non-hydrogen) atoms. The highest BCUT2D eigenvalue weighted by Gasteiger charge is 2.20. The van der Waals surface area contributed by atoms with E-state index in [1.165, 1.54) is 18.7 Å². The van der Waals surface area contributed by atoms with Crippen LogP contribution < -0.4 is 5.32 Å². The Labute approximate surface area is 98.7 Å². The molecule has 0 spiro atoms. The molecule has 0 bridgehead atoms. The van der Waals surface area contributed by atoms with Crippen LogP contribution in [0.15, 0.2) is 30.3 Å². The maximum absolute atomic E-state index is 3.49. The molecular weight excluding hydrogens is 196 g/mol. The zero-order valence-corrected chi connectivity index (χ0v) is 10.3. The van der Waals surface area contributed by atoms with Gasteiger partial charge in [-0.2, -0.15) is 0 Å². The van der Waals surface area contributed by atoms with E-state index in [-0.39, 0.29) is 0 Å². The lowest BCUT2D eigenvalue weighted by Gasteiger charge is -2.36. The highest BCUT2D eigenvalue weighted by Crippen LogP contribution is 2.10. The third-order valence-electron chi connectivity index (χ3n) is 3.40. The Kier molecular flexibility index (Phi) is 3.97. The predicted molar refractivity (Wildman–Crippen MR) is 68.6 cm³/mol. The molecular formula is C14H22N2. The second-order valence-electron chi connectivity index (χ2n) is 4.89. The fourth-order valence-electron chi connectivity index (χ4n) is 2.45. The first kappa shape index (κ1) is 11.6. The summed E-state index contributed by atoms with van der Waals surface area (Å²) in [5.41, 5.74) is 1.45. The van der Waals surface area contributed by atoms with Gasteiger partial charge in [-0.3, -0.25) is 4.90 Å². The largest absolute Gasteiger partial charge is 0.312 e. The Bertz CT molecular complexity index is 310. The topological polar surface area (TPSA) is 15.3 Å². The van der Waals surface area contributed by atoms with Crippen LogP contribution in [0.2, 0.25) is 0 Å². The molecule has 88 valence electrons. The highest BCUT2D eigenvalue weighted by molar-refractivity contribution is 5.15. The van der Waals surface area contributed by atoms with Crippen molar-refractivity contribution < 1.29 is 0 Å². The van der Waals surface area contributed by atoms with Gasteiger partial charge in [0.25, 0.3) is 0 Å². The summed E-state index contributed by atoms with van der Waals surface area (Å²) in [6, 6.07) is 12.1. The molecule has 1 heterocycles. The molecule has 1 saturated heterocycles. The fraction of sp³-hybridized carbons (Fsp3) is 0.571. The molecule has 0 aliphatic carbocycles. The molecule has 2 nitrogen and oxygen atoms in total. The van der Waals surface area contributed by atoms with Crippen molar-refractivity contribution >= 4 is 0 Å². The molecule has 0 radical (unpaired) electrons. The Hall–Kier alpha value is -0.860. The van der Waals surface area contributed by atoms with E-state index in [1.54, 1.807) is 0 Å². The van der Waals surface area contributed by atoms with Crippen molar-refractivity contribution in [3.63, 3.8) is 0 Å². The monoisotopic (exact) mass is 218 g/mol. The first-order chi connectivity index (χ1) is 7.75. The van der Waals surface area contributed by atoms with Crippen LogP contribution in [-0.4, -0.2) is 36.6 Å². The number of rotatable bonds is 3. The van der Waals surface area contributed by atoms with Gasteiger partial charge in [-0.1, -0.05) is 30.3 Å². The minimum Gasteiger partial charge on any atom is -0.312 e. The summed E-state index contributed by atoms with van der Waals surface area (Å²) in [4.78, 5) is 2.59. The molecule has 1 aliphatic rings. The van der Waals surface area contributed by atoms with Gasteiger partial charge in [-0.05, 0) is 25.8 Å². The van der Waals surface area contributed by atoms with Gasteiger partial charge in [0.1, 0.15) is 0 Å². The van der Waals surface area contributed by atoms with Gasteiger partial charge in [0.15, 0.2) is 0 Å². The van der Waals surface area contributed by atoms with Gasteiger partial charge in [0.05, 0.1) is 0 Å². The number of hydrogen-bond acceptors (Lipinski definition) is 2. The molecule has 2 atom stereocenters. The van der Waals surface area contributed by atoms with Crippen LogP contribution in [0.5, 0.6) is 0 Å². The quantitative estimate of drug-likeness (QED) is 0.834. The van der Waals surface area contributed by atoms with Crippen LogP contribution in [0.4, 0.5) is 0 Å². The van der Waals surface area contributed by atoms with Gasteiger partial charge >= 0.3 is 0 Å². The van der Waals surface area contributed by atoms with Crippen LogP contribution in [0.25, 0.3) is 0 Å². The molecule has 2 unspecified atom stereocenters. The van der Waals surface area contributed by atoms with Crippen molar-refractivity contribution in [3.8, 4) is 0 Å². The smallest absolute Gasteiger partial charge is 0.0167 e. The van der Waals surface area contributed by atoms with E-state index in [4.69, 9.17) is 0 Å². The lowest BCUT2D eigenvalue weighted by Crippen LogP contribution is -2.52. The molecule has 0 amide bonds. The summed E-state index contributed by atoms with van der Waals surface area (Å²) in [5, 5.41) is 3.49. The summed E-state index contributed by atoms with van der Waals surface area (Å²) in [6.45, 7) is 8.08. The normalized spacial score (nSPS) is 24.2. The van der Waals surface area contributed by atoms with Gasteiger partial charge in [0.2, 0.25) is 0 Å². The fourth-order valence-corrected chi connectivity index (χ4v) is 2.45. The SMILES string of the molecule is CC1CN(C(C)Cc2ccccc2)CCN1. The zero-order chi connectivity index (χ0) is 11.4. The summed E-state index contributed by atoms with van der Waals surface area (Å²) in [7, 11) is 0. The minimum atomic E-state index is 0.631. The average Bonchev–Trinajstić information content (AvgIpc) is 2.30. The maximum atomic E-state index is 3.49. The molecule has 0 aromatic heterocycles. The molecule has 1 aromatic carbocycles. The third-order valence-corrected chi connectivity index (χ3v) is 3.40. The van der Waals surface area contributed by atoms with Crippen molar-refractivity contribution in [1.82, 2.24) is 10.2 Å². The second-order valence-corrected chi connectivity index (χ2v) is 4.89. The number of hydrogen-bond donors (Lipinski definition) is 1. The van der Waals surface area contributed by atoms with Gasteiger partial charge in [-0.15, -0.1) is 0 Å². The summed E-state index contributed by atoms with van der Waals surface area (Å²) >= 11 is 0. The van der Waals surface area contributed by atoms with Crippen LogP contribution in [0, 0.1) is 0 Å². The first-order valence-electron chi connectivity index (χ1n) is 6.27. The van der Waals surface area contributed by atoms with E-state index >= 15 is 0 Å². The average molecular weight is 218 g/mol. The van der Waals surface area contributed by atoms with E-state index in [0.29, 0.717) is 12.1 Å². The van der Waals surface area contributed by atoms with Crippen molar-refractivity contribution in [2.24, 2.45) is 0 Å². The lowest BCUT2D eigenvalue weighted by atomic mass is 10.0. The number of piperazine rings is 1. The summed E-state index contributed by atoms with van der Waals surface area (Å²) < 4.78 is 0. The number of nitrogens with one attached hydrogen (secondary N) is 1. The predicted octanol–water partition coefficient (Wildman–Crippen LogP) is 1.91. The summed E-state index contributed by atoms with van der Waals surface area (Å²) in [5.74, 6) is 0. The van der Waals surface area contributed by atoms with Gasteiger partial charge in [0, 0.05) is 31.7 Å². The Morgan fingerprint density at radius 3 is 2.81 bits per heavy atom. The Balaban J connectivity index is 1.90. The van der Waals surface area contributed by atoms with Crippen LogP contribution >= 0.6 is 0 Å². The molecule has 1 N–H and O–H groups in total. The van der Waals surface area contributed by atoms with E-state index in [1.807, 2.05) is 0 Å². The molecule has 2 heteroatoms. The van der Waals surface area contributed by atoms with Crippen LogP contribution in [0.1, 0.15) is 19.4 Å². The van der Waals surface area contributed by atoms with Crippen molar-refractivity contribution in [1.29, 1.82) is 0 Å². The van der Waals surface area contributed by atoms with E-state index in [9.17, 15) is 0 Å². The maximum Gasteiger partial charge on any atom is 0.0167 e. The summed E-state index contributed by atoms with van der Waals surface area (Å²) in [6.07, 6.45) is 1.16. The second kappa shape index (κ2) is 5.46. The van der Waals surface area contributed by atoms with Crippen LogP contribution in [0.3, 0.4) is 0 Å². The number of benzene rings is 1. The van der Waals surface area contributed by atoms with E-state index < -0.39 is 0 Å². The lowest BCUT2D eigenvalue weighted by molar-refractivity contribution is 0.157. The molecule has 0 saturated carbocycles. The van der Waals surface area contributed by atoms with Gasteiger partial charge < -0.3 is 5.32 Å². The highest BCUT2D eigenvalue weighted by atomic mass is 15.2. The van der Waals surface area contributed by atoms with Crippen molar-refractivity contribution in [3.05, 3.63) is 35.9 Å². The first-order valence-corrected chi connectivity index (χ1v) is 6.27. The van der Waals surface area contributed by atoms with Gasteiger partial charge in [-0.25, -0.2) is 0 Å². The molecule has 1 fully saturated rings. The minimum absolute atomic E-state index is 0.631. The van der Waals surface area contributed by atoms with E-state index in [2.05, 4.69) is 54.4 Å². The Morgan fingerprint density at radius 2 is 2.12 bits per heavy atom. The molecule has 1 aromatic rings. The third kappa shape index (κ3) is 3.06. The van der Waals surface area contributed by atoms with Crippen LogP contribution in [-0.2, 0) is 6.42 Å².